The predicted molar refractivity (Wildman–Crippen MR) is 77.1 cm³/mol. The number of hydrogen-bond donors (Lipinski definition) is 1. The van der Waals surface area contributed by atoms with E-state index in [2.05, 4.69) is 14.9 Å². The molecule has 1 aromatic heterocycles. The Labute approximate surface area is 124 Å². The minimum Gasteiger partial charge on any atom is -0.349 e. The van der Waals surface area contributed by atoms with Crippen molar-refractivity contribution in [2.45, 2.75) is 6.18 Å². The number of aromatic nitrogens is 2. The number of anilines is 1. The maximum atomic E-state index is 12.8. The van der Waals surface area contributed by atoms with Crippen LogP contribution in [0.25, 0.3) is 11.0 Å². The maximum absolute atomic E-state index is 12.8. The Balaban J connectivity index is 2.04. The second kappa shape index (κ2) is 5.28. The first kappa shape index (κ1) is 14.8. The van der Waals surface area contributed by atoms with Crippen LogP contribution in [0.3, 0.4) is 0 Å². The van der Waals surface area contributed by atoms with E-state index in [1.54, 1.807) is 4.90 Å². The molecule has 3 rings (SSSR count). The number of hydrogen-bond acceptors (Lipinski definition) is 4. The van der Waals surface area contributed by atoms with Gasteiger partial charge in [0.05, 0.1) is 16.6 Å². The molecule has 1 aliphatic heterocycles. The molecule has 0 atom stereocenters. The van der Waals surface area contributed by atoms with Crippen LogP contribution in [0.5, 0.6) is 0 Å². The predicted octanol–water partition coefficient (Wildman–Crippen LogP) is 1.69. The van der Waals surface area contributed by atoms with Gasteiger partial charge in [-0.15, -0.1) is 0 Å². The number of H-pyrrole nitrogens is 1. The van der Waals surface area contributed by atoms with Gasteiger partial charge < -0.3 is 14.8 Å². The number of alkyl halides is 3. The number of rotatable bonds is 1. The summed E-state index contributed by atoms with van der Waals surface area (Å²) in [6.07, 6.45) is -4.43. The van der Waals surface area contributed by atoms with Crippen molar-refractivity contribution in [2.24, 2.45) is 0 Å². The molecule has 0 spiro atoms. The molecule has 1 aromatic carbocycles. The van der Waals surface area contributed by atoms with Crippen molar-refractivity contribution in [3.8, 4) is 0 Å². The van der Waals surface area contributed by atoms with E-state index in [4.69, 9.17) is 0 Å². The Morgan fingerprint density at radius 1 is 1.18 bits per heavy atom. The topological polar surface area (TPSA) is 52.2 Å². The van der Waals surface area contributed by atoms with Gasteiger partial charge in [0.15, 0.2) is 5.82 Å². The number of benzene rings is 1. The van der Waals surface area contributed by atoms with Crippen LogP contribution in [0.15, 0.2) is 23.0 Å². The van der Waals surface area contributed by atoms with E-state index in [1.165, 1.54) is 6.07 Å². The summed E-state index contributed by atoms with van der Waals surface area (Å²) in [5, 5.41) is 0. The van der Waals surface area contributed by atoms with Gasteiger partial charge >= 0.3 is 6.18 Å². The summed E-state index contributed by atoms with van der Waals surface area (Å²) < 4.78 is 38.3. The highest BCUT2D eigenvalue weighted by molar-refractivity contribution is 5.76. The van der Waals surface area contributed by atoms with Crippen LogP contribution in [0.2, 0.25) is 0 Å². The van der Waals surface area contributed by atoms with Crippen molar-refractivity contribution >= 4 is 16.9 Å². The van der Waals surface area contributed by atoms with Crippen LogP contribution in [0.4, 0.5) is 19.0 Å². The molecule has 5 nitrogen and oxygen atoms in total. The Bertz CT molecular complexity index is 748. The van der Waals surface area contributed by atoms with E-state index in [9.17, 15) is 18.0 Å². The highest BCUT2D eigenvalue weighted by Gasteiger charge is 2.31. The minimum absolute atomic E-state index is 0.142. The third kappa shape index (κ3) is 2.78. The molecule has 0 unspecified atom stereocenters. The van der Waals surface area contributed by atoms with Gasteiger partial charge in [-0.25, -0.2) is 4.98 Å². The van der Waals surface area contributed by atoms with Crippen LogP contribution < -0.4 is 10.5 Å². The number of nitrogens with one attached hydrogen (secondary N) is 1. The number of halogens is 3. The summed E-state index contributed by atoms with van der Waals surface area (Å²) >= 11 is 0. The third-order valence-electron chi connectivity index (χ3n) is 3.81. The zero-order chi connectivity index (χ0) is 15.9. The highest BCUT2D eigenvalue weighted by Crippen LogP contribution is 2.30. The molecule has 8 heteroatoms. The molecular formula is C14H15F3N4O. The molecule has 0 radical (unpaired) electrons. The van der Waals surface area contributed by atoms with Crippen molar-refractivity contribution in [3.05, 3.63) is 34.1 Å². The standard InChI is InChI=1S/C14H15F3N4O/c1-20-4-6-21(7-5-20)12-13(22)19-10-3-2-9(14(15,16)17)8-11(10)18-12/h2-3,8H,4-7H2,1H3,(H,19,22). The van der Waals surface area contributed by atoms with Crippen molar-refractivity contribution in [3.63, 3.8) is 0 Å². The molecule has 0 saturated carbocycles. The van der Waals surface area contributed by atoms with E-state index in [0.29, 0.717) is 18.6 Å². The molecule has 2 aromatic rings. The summed E-state index contributed by atoms with van der Waals surface area (Å²) in [7, 11) is 1.98. The van der Waals surface area contributed by atoms with Crippen molar-refractivity contribution in [1.82, 2.24) is 14.9 Å². The summed E-state index contributed by atoms with van der Waals surface area (Å²) in [4.78, 5) is 22.8. The molecule has 0 amide bonds. The number of piperazine rings is 1. The quantitative estimate of drug-likeness (QED) is 0.871. The van der Waals surface area contributed by atoms with Gasteiger partial charge in [0, 0.05) is 26.2 Å². The third-order valence-corrected chi connectivity index (χ3v) is 3.81. The fourth-order valence-corrected chi connectivity index (χ4v) is 2.48. The zero-order valence-corrected chi connectivity index (χ0v) is 11.9. The van der Waals surface area contributed by atoms with Crippen LogP contribution in [0.1, 0.15) is 5.56 Å². The monoisotopic (exact) mass is 312 g/mol. The SMILES string of the molecule is CN1CCN(c2nc3cc(C(F)(F)F)ccc3[nH]c2=O)CC1. The van der Waals surface area contributed by atoms with Gasteiger partial charge in [-0.1, -0.05) is 0 Å². The van der Waals surface area contributed by atoms with Crippen LogP contribution in [0, 0.1) is 0 Å². The number of nitrogens with zero attached hydrogens (tertiary/aromatic N) is 3. The lowest BCUT2D eigenvalue weighted by molar-refractivity contribution is -0.137. The van der Waals surface area contributed by atoms with Gasteiger partial charge in [-0.3, -0.25) is 4.79 Å². The highest BCUT2D eigenvalue weighted by atomic mass is 19.4. The lowest BCUT2D eigenvalue weighted by Gasteiger charge is -2.32. The van der Waals surface area contributed by atoms with Crippen molar-refractivity contribution in [2.75, 3.05) is 38.1 Å². The Morgan fingerprint density at radius 3 is 2.50 bits per heavy atom. The summed E-state index contributed by atoms with van der Waals surface area (Å²) in [5.74, 6) is 0.180. The molecule has 1 fully saturated rings. The fourth-order valence-electron chi connectivity index (χ4n) is 2.48. The molecule has 0 bridgehead atoms. The second-order valence-corrected chi connectivity index (χ2v) is 5.41. The van der Waals surface area contributed by atoms with Gasteiger partial charge in [-0.05, 0) is 25.2 Å². The first-order valence-corrected chi connectivity index (χ1v) is 6.89. The zero-order valence-electron chi connectivity index (χ0n) is 11.9. The minimum atomic E-state index is -4.43. The van der Waals surface area contributed by atoms with E-state index in [-0.39, 0.29) is 16.9 Å². The lowest BCUT2D eigenvalue weighted by Crippen LogP contribution is -2.46. The van der Waals surface area contributed by atoms with Crippen molar-refractivity contribution < 1.29 is 13.2 Å². The normalized spacial score (nSPS) is 17.2. The van der Waals surface area contributed by atoms with Crippen LogP contribution >= 0.6 is 0 Å². The van der Waals surface area contributed by atoms with Crippen LogP contribution in [-0.4, -0.2) is 48.1 Å². The van der Waals surface area contributed by atoms with Gasteiger partial charge in [-0.2, -0.15) is 13.2 Å². The molecule has 22 heavy (non-hydrogen) atoms. The number of aromatic amines is 1. The van der Waals surface area contributed by atoms with E-state index >= 15 is 0 Å². The summed E-state index contributed by atoms with van der Waals surface area (Å²) in [6, 6.07) is 3.14. The molecule has 0 aliphatic carbocycles. The Hall–Kier alpha value is -2.09. The van der Waals surface area contributed by atoms with Gasteiger partial charge in [0.2, 0.25) is 0 Å². The lowest BCUT2D eigenvalue weighted by atomic mass is 10.2. The second-order valence-electron chi connectivity index (χ2n) is 5.41. The van der Waals surface area contributed by atoms with Crippen LogP contribution in [-0.2, 0) is 6.18 Å². The summed E-state index contributed by atoms with van der Waals surface area (Å²) in [5.41, 5.74) is -0.708. The van der Waals surface area contributed by atoms with E-state index < -0.39 is 11.7 Å². The van der Waals surface area contributed by atoms with Gasteiger partial charge in [0.1, 0.15) is 0 Å². The number of likely N-dealkylation sites (N-methyl/N-ethyl adjacent to an activating group) is 1. The van der Waals surface area contributed by atoms with Gasteiger partial charge in [0.25, 0.3) is 5.56 Å². The smallest absolute Gasteiger partial charge is 0.349 e. The largest absolute Gasteiger partial charge is 0.416 e. The Kier molecular flexibility index (Phi) is 3.56. The number of fused-ring (bicyclic) bond motifs is 1. The molecule has 118 valence electrons. The first-order chi connectivity index (χ1) is 10.3. The average Bonchev–Trinajstić information content (AvgIpc) is 2.46. The molecule has 1 N–H and O–H groups in total. The Morgan fingerprint density at radius 2 is 1.86 bits per heavy atom. The van der Waals surface area contributed by atoms with E-state index in [0.717, 1.165) is 25.2 Å². The fraction of sp³-hybridized carbons (Fsp3) is 0.429. The van der Waals surface area contributed by atoms with E-state index in [1.807, 2.05) is 7.05 Å². The van der Waals surface area contributed by atoms with Crippen molar-refractivity contribution in [1.29, 1.82) is 0 Å². The molecule has 1 aliphatic rings. The molecule has 1 saturated heterocycles. The average molecular weight is 312 g/mol. The summed E-state index contributed by atoms with van der Waals surface area (Å²) in [6.45, 7) is 2.80. The molecular weight excluding hydrogens is 297 g/mol. The first-order valence-electron chi connectivity index (χ1n) is 6.89. The molecule has 2 heterocycles. The maximum Gasteiger partial charge on any atom is 0.416 e.